The van der Waals surface area contributed by atoms with E-state index in [4.69, 9.17) is 9.84 Å². The summed E-state index contributed by atoms with van der Waals surface area (Å²) in [4.78, 5) is 13.5. The van der Waals surface area contributed by atoms with Crippen LogP contribution in [0.5, 0.6) is 5.75 Å². The minimum atomic E-state index is -0.210. The Bertz CT molecular complexity index is 447. The number of aliphatic hydroxyl groups is 1. The molecule has 2 N–H and O–H groups in total. The number of rotatable bonds is 6. The van der Waals surface area contributed by atoms with E-state index in [0.29, 0.717) is 13.1 Å². The molecule has 1 aromatic carbocycles. The Balaban J connectivity index is 2.73. The molecule has 0 aliphatic heterocycles. The van der Waals surface area contributed by atoms with E-state index in [9.17, 15) is 4.79 Å². The molecule has 112 valence electrons. The summed E-state index contributed by atoms with van der Waals surface area (Å²) in [6, 6.07) is 5.34. The second-order valence-electron chi connectivity index (χ2n) is 4.88. The molecule has 0 atom stereocenters. The minimum Gasteiger partial charge on any atom is -0.491 e. The average Bonchev–Trinajstić information content (AvgIpc) is 2.38. The van der Waals surface area contributed by atoms with Crippen molar-refractivity contribution in [2.24, 2.45) is 0 Å². The second-order valence-corrected chi connectivity index (χ2v) is 4.88. The van der Waals surface area contributed by atoms with E-state index in [-0.39, 0.29) is 18.7 Å². The Hall–Kier alpha value is -1.75. The molecule has 5 nitrogen and oxygen atoms in total. The molecule has 1 aromatic rings. The highest BCUT2D eigenvalue weighted by atomic mass is 16.5. The summed E-state index contributed by atoms with van der Waals surface area (Å²) in [6.45, 7) is 8.61. The van der Waals surface area contributed by atoms with Crippen molar-refractivity contribution in [2.75, 3.05) is 25.0 Å². The maximum absolute atomic E-state index is 12.0. The van der Waals surface area contributed by atoms with Gasteiger partial charge in [0.1, 0.15) is 5.75 Å². The summed E-state index contributed by atoms with van der Waals surface area (Å²) in [5.74, 6) is 0.820. The van der Waals surface area contributed by atoms with Gasteiger partial charge in [-0.2, -0.15) is 0 Å². The molecule has 0 saturated heterocycles. The standard InChI is InChI=1S/C15H24N2O3/c1-5-17(8-9-18)15(19)16-13-6-7-14(12(4)10-13)20-11(2)3/h6-7,10-11,18H,5,8-9H2,1-4H3,(H,16,19). The highest BCUT2D eigenvalue weighted by Gasteiger charge is 2.11. The van der Waals surface area contributed by atoms with Crippen molar-refractivity contribution in [3.8, 4) is 5.75 Å². The number of ether oxygens (including phenoxy) is 1. The molecule has 0 spiro atoms. The van der Waals surface area contributed by atoms with Gasteiger partial charge in [0, 0.05) is 18.8 Å². The first-order chi connectivity index (χ1) is 9.47. The van der Waals surface area contributed by atoms with E-state index in [1.165, 1.54) is 0 Å². The lowest BCUT2D eigenvalue weighted by Crippen LogP contribution is -2.36. The summed E-state index contributed by atoms with van der Waals surface area (Å²) in [5, 5.41) is 11.7. The van der Waals surface area contributed by atoms with Crippen molar-refractivity contribution in [2.45, 2.75) is 33.8 Å². The predicted molar refractivity (Wildman–Crippen MR) is 80.3 cm³/mol. The van der Waals surface area contributed by atoms with Crippen molar-refractivity contribution < 1.29 is 14.6 Å². The van der Waals surface area contributed by atoms with Gasteiger partial charge in [-0.15, -0.1) is 0 Å². The zero-order valence-corrected chi connectivity index (χ0v) is 12.6. The molecule has 0 fully saturated rings. The molecule has 20 heavy (non-hydrogen) atoms. The summed E-state index contributed by atoms with van der Waals surface area (Å²) in [7, 11) is 0. The number of amides is 2. The van der Waals surface area contributed by atoms with Gasteiger partial charge in [-0.1, -0.05) is 0 Å². The Morgan fingerprint density at radius 3 is 2.65 bits per heavy atom. The third-order valence-corrected chi connectivity index (χ3v) is 2.83. The first kappa shape index (κ1) is 16.3. The van der Waals surface area contributed by atoms with Crippen LogP contribution >= 0.6 is 0 Å². The van der Waals surface area contributed by atoms with Crippen LogP contribution in [0.2, 0.25) is 0 Å². The van der Waals surface area contributed by atoms with E-state index in [1.807, 2.05) is 45.9 Å². The van der Waals surface area contributed by atoms with Crippen molar-refractivity contribution in [3.05, 3.63) is 23.8 Å². The molecule has 0 heterocycles. The van der Waals surface area contributed by atoms with E-state index in [0.717, 1.165) is 17.0 Å². The van der Waals surface area contributed by atoms with Crippen LogP contribution in [0.15, 0.2) is 18.2 Å². The summed E-state index contributed by atoms with van der Waals surface area (Å²) in [5.41, 5.74) is 1.70. The Morgan fingerprint density at radius 2 is 2.15 bits per heavy atom. The van der Waals surface area contributed by atoms with Crippen molar-refractivity contribution in [3.63, 3.8) is 0 Å². The molecule has 0 aliphatic carbocycles. The Labute approximate surface area is 120 Å². The molecular formula is C15H24N2O3. The highest BCUT2D eigenvalue weighted by Crippen LogP contribution is 2.23. The van der Waals surface area contributed by atoms with Gasteiger partial charge in [-0.05, 0) is 51.5 Å². The van der Waals surface area contributed by atoms with Crippen LogP contribution < -0.4 is 10.1 Å². The second kappa shape index (κ2) is 7.75. The van der Waals surface area contributed by atoms with Gasteiger partial charge in [0.2, 0.25) is 0 Å². The number of nitrogens with zero attached hydrogens (tertiary/aromatic N) is 1. The number of hydrogen-bond acceptors (Lipinski definition) is 3. The number of likely N-dealkylation sites (N-methyl/N-ethyl adjacent to an activating group) is 1. The number of aryl methyl sites for hydroxylation is 1. The monoisotopic (exact) mass is 280 g/mol. The molecule has 0 unspecified atom stereocenters. The first-order valence-electron chi connectivity index (χ1n) is 6.92. The normalized spacial score (nSPS) is 10.5. The quantitative estimate of drug-likeness (QED) is 0.842. The SMILES string of the molecule is CCN(CCO)C(=O)Nc1ccc(OC(C)C)c(C)c1. The molecule has 0 saturated carbocycles. The van der Waals surface area contributed by atoms with Crippen molar-refractivity contribution in [1.82, 2.24) is 4.90 Å². The molecule has 0 bridgehead atoms. The molecule has 2 amide bonds. The molecule has 0 radical (unpaired) electrons. The van der Waals surface area contributed by atoms with Crippen LogP contribution in [-0.2, 0) is 0 Å². The average molecular weight is 280 g/mol. The minimum absolute atomic E-state index is 0.0402. The van der Waals surface area contributed by atoms with Crippen LogP contribution in [0, 0.1) is 6.92 Å². The lowest BCUT2D eigenvalue weighted by Gasteiger charge is -2.20. The van der Waals surface area contributed by atoms with Gasteiger partial charge in [0.05, 0.1) is 12.7 Å². The van der Waals surface area contributed by atoms with E-state index in [2.05, 4.69) is 5.32 Å². The summed E-state index contributed by atoms with van der Waals surface area (Å²) in [6.07, 6.45) is 0.120. The molecule has 1 rings (SSSR count). The maximum atomic E-state index is 12.0. The molecule has 0 aromatic heterocycles. The zero-order valence-electron chi connectivity index (χ0n) is 12.6. The van der Waals surface area contributed by atoms with Crippen LogP contribution in [0.4, 0.5) is 10.5 Å². The highest BCUT2D eigenvalue weighted by molar-refractivity contribution is 5.89. The fourth-order valence-corrected chi connectivity index (χ4v) is 1.84. The van der Waals surface area contributed by atoms with Crippen LogP contribution in [-0.4, -0.2) is 41.8 Å². The number of carbonyl (C=O) groups excluding carboxylic acids is 1. The third-order valence-electron chi connectivity index (χ3n) is 2.83. The van der Waals surface area contributed by atoms with E-state index in [1.54, 1.807) is 4.90 Å². The first-order valence-corrected chi connectivity index (χ1v) is 6.92. The largest absolute Gasteiger partial charge is 0.491 e. The zero-order chi connectivity index (χ0) is 15.1. The Morgan fingerprint density at radius 1 is 1.45 bits per heavy atom. The number of urea groups is 1. The van der Waals surface area contributed by atoms with Gasteiger partial charge < -0.3 is 20.1 Å². The van der Waals surface area contributed by atoms with E-state index < -0.39 is 0 Å². The van der Waals surface area contributed by atoms with Gasteiger partial charge in [0.25, 0.3) is 0 Å². The fourth-order valence-electron chi connectivity index (χ4n) is 1.84. The third kappa shape index (κ3) is 4.74. The molecular weight excluding hydrogens is 256 g/mol. The predicted octanol–water partition coefficient (Wildman–Crippen LogP) is 2.63. The smallest absolute Gasteiger partial charge is 0.321 e. The lowest BCUT2D eigenvalue weighted by atomic mass is 10.2. The lowest BCUT2D eigenvalue weighted by molar-refractivity contribution is 0.192. The number of carbonyl (C=O) groups is 1. The van der Waals surface area contributed by atoms with Crippen molar-refractivity contribution >= 4 is 11.7 Å². The van der Waals surface area contributed by atoms with Crippen LogP contribution in [0.1, 0.15) is 26.3 Å². The molecule has 5 heteroatoms. The topological polar surface area (TPSA) is 61.8 Å². The summed E-state index contributed by atoms with van der Waals surface area (Å²) >= 11 is 0. The summed E-state index contributed by atoms with van der Waals surface area (Å²) < 4.78 is 5.66. The Kier molecular flexibility index (Phi) is 6.31. The van der Waals surface area contributed by atoms with Gasteiger partial charge in [-0.25, -0.2) is 4.79 Å². The number of aliphatic hydroxyl groups excluding tert-OH is 1. The van der Waals surface area contributed by atoms with Crippen LogP contribution in [0.3, 0.4) is 0 Å². The fraction of sp³-hybridized carbons (Fsp3) is 0.533. The number of hydrogen-bond donors (Lipinski definition) is 2. The van der Waals surface area contributed by atoms with Gasteiger partial charge in [-0.3, -0.25) is 0 Å². The maximum Gasteiger partial charge on any atom is 0.321 e. The number of nitrogens with one attached hydrogen (secondary N) is 1. The molecule has 0 aliphatic rings. The van der Waals surface area contributed by atoms with Crippen molar-refractivity contribution in [1.29, 1.82) is 0 Å². The number of benzene rings is 1. The van der Waals surface area contributed by atoms with Gasteiger partial charge >= 0.3 is 6.03 Å². The number of anilines is 1. The van der Waals surface area contributed by atoms with E-state index >= 15 is 0 Å². The van der Waals surface area contributed by atoms with Crippen LogP contribution in [0.25, 0.3) is 0 Å². The van der Waals surface area contributed by atoms with Gasteiger partial charge in [0.15, 0.2) is 0 Å².